The number of amides is 4. The van der Waals surface area contributed by atoms with E-state index in [-0.39, 0.29) is 17.7 Å². The quantitative estimate of drug-likeness (QED) is 0.476. The lowest BCUT2D eigenvalue weighted by atomic mass is 9.75. The number of urea groups is 1. The predicted octanol–water partition coefficient (Wildman–Crippen LogP) is 0.609. The summed E-state index contributed by atoms with van der Waals surface area (Å²) in [7, 11) is 0. The molecule has 20 heavy (non-hydrogen) atoms. The van der Waals surface area contributed by atoms with Gasteiger partial charge in [0.05, 0.1) is 4.92 Å². The third-order valence-electron chi connectivity index (χ3n) is 3.31. The molecular formula is C12H11N3O5. The summed E-state index contributed by atoms with van der Waals surface area (Å²) in [5.41, 5.74) is -1.69. The number of benzene rings is 1. The van der Waals surface area contributed by atoms with Crippen LogP contribution >= 0.6 is 0 Å². The Labute approximate surface area is 113 Å². The van der Waals surface area contributed by atoms with Gasteiger partial charge in [-0.15, -0.1) is 0 Å². The SMILES string of the molecule is CCC1(c2cccc([N+](=O)[O-])c2)C(=O)NC(=O)NC1=O. The van der Waals surface area contributed by atoms with Gasteiger partial charge >= 0.3 is 6.03 Å². The number of nitro benzene ring substituents is 1. The maximum absolute atomic E-state index is 12.1. The zero-order chi connectivity index (χ0) is 14.9. The van der Waals surface area contributed by atoms with Crippen LogP contribution in [0.25, 0.3) is 0 Å². The highest BCUT2D eigenvalue weighted by atomic mass is 16.6. The Morgan fingerprint density at radius 2 is 1.80 bits per heavy atom. The topological polar surface area (TPSA) is 118 Å². The molecule has 1 fully saturated rings. The van der Waals surface area contributed by atoms with Crippen LogP contribution in [0, 0.1) is 10.1 Å². The first-order chi connectivity index (χ1) is 9.41. The molecule has 1 aliphatic heterocycles. The average molecular weight is 277 g/mol. The third-order valence-corrected chi connectivity index (χ3v) is 3.31. The summed E-state index contributed by atoms with van der Waals surface area (Å²) in [6.07, 6.45) is 0.0686. The molecule has 1 aromatic carbocycles. The van der Waals surface area contributed by atoms with Crippen molar-refractivity contribution in [2.45, 2.75) is 18.8 Å². The van der Waals surface area contributed by atoms with Gasteiger partial charge in [-0.05, 0) is 12.0 Å². The van der Waals surface area contributed by atoms with Gasteiger partial charge in [0, 0.05) is 12.1 Å². The zero-order valence-electron chi connectivity index (χ0n) is 10.5. The van der Waals surface area contributed by atoms with Gasteiger partial charge < -0.3 is 0 Å². The molecule has 0 bridgehead atoms. The van der Waals surface area contributed by atoms with Crippen molar-refractivity contribution in [3.05, 3.63) is 39.9 Å². The zero-order valence-corrected chi connectivity index (χ0v) is 10.5. The van der Waals surface area contributed by atoms with Crippen molar-refractivity contribution in [1.82, 2.24) is 10.6 Å². The van der Waals surface area contributed by atoms with E-state index in [4.69, 9.17) is 0 Å². The van der Waals surface area contributed by atoms with Crippen LogP contribution in [-0.4, -0.2) is 22.8 Å². The Balaban J connectivity index is 2.58. The van der Waals surface area contributed by atoms with E-state index in [0.29, 0.717) is 0 Å². The number of rotatable bonds is 3. The minimum absolute atomic E-state index is 0.0686. The van der Waals surface area contributed by atoms with Gasteiger partial charge in [-0.3, -0.25) is 30.3 Å². The monoisotopic (exact) mass is 277 g/mol. The highest BCUT2D eigenvalue weighted by Gasteiger charge is 2.50. The van der Waals surface area contributed by atoms with Crippen LogP contribution in [0.3, 0.4) is 0 Å². The van der Waals surface area contributed by atoms with E-state index in [1.165, 1.54) is 24.3 Å². The van der Waals surface area contributed by atoms with Crippen molar-refractivity contribution in [2.24, 2.45) is 0 Å². The van der Waals surface area contributed by atoms with E-state index in [1.54, 1.807) is 6.92 Å². The number of nitro groups is 1. The molecule has 1 saturated heterocycles. The number of barbiturate groups is 1. The molecule has 1 heterocycles. The molecule has 1 aliphatic rings. The van der Waals surface area contributed by atoms with Crippen LogP contribution in [0.4, 0.5) is 10.5 Å². The second-order valence-electron chi connectivity index (χ2n) is 4.30. The van der Waals surface area contributed by atoms with Crippen LogP contribution in [-0.2, 0) is 15.0 Å². The molecule has 0 atom stereocenters. The average Bonchev–Trinajstić information content (AvgIpc) is 2.39. The lowest BCUT2D eigenvalue weighted by molar-refractivity contribution is -0.384. The standard InChI is InChI=1S/C12H11N3O5/c1-2-12(9(16)13-11(18)14-10(12)17)7-4-3-5-8(6-7)15(19)20/h3-6H,2H2,1H3,(H2,13,14,16,17,18). The van der Waals surface area contributed by atoms with Gasteiger partial charge in [0.1, 0.15) is 0 Å². The van der Waals surface area contributed by atoms with Crippen LogP contribution in [0.5, 0.6) is 0 Å². The molecule has 104 valence electrons. The van der Waals surface area contributed by atoms with Gasteiger partial charge in [0.2, 0.25) is 11.8 Å². The van der Waals surface area contributed by atoms with Crippen molar-refractivity contribution in [3.8, 4) is 0 Å². The number of non-ortho nitro benzene ring substituents is 1. The minimum atomic E-state index is -1.64. The van der Waals surface area contributed by atoms with Crippen molar-refractivity contribution < 1.29 is 19.3 Å². The first kappa shape index (κ1) is 13.7. The van der Waals surface area contributed by atoms with Gasteiger partial charge in [-0.1, -0.05) is 19.1 Å². The molecule has 0 aromatic heterocycles. The Kier molecular flexibility index (Phi) is 3.23. The molecule has 4 amide bonds. The largest absolute Gasteiger partial charge is 0.328 e. The summed E-state index contributed by atoms with van der Waals surface area (Å²) < 4.78 is 0. The summed E-state index contributed by atoms with van der Waals surface area (Å²) in [6, 6.07) is 4.37. The lowest BCUT2D eigenvalue weighted by Crippen LogP contribution is -2.64. The van der Waals surface area contributed by atoms with Gasteiger partial charge in [0.25, 0.3) is 5.69 Å². The van der Waals surface area contributed by atoms with E-state index in [2.05, 4.69) is 0 Å². The first-order valence-corrected chi connectivity index (χ1v) is 5.83. The van der Waals surface area contributed by atoms with E-state index in [9.17, 15) is 24.5 Å². The highest BCUT2D eigenvalue weighted by Crippen LogP contribution is 2.32. The number of carbonyl (C=O) groups excluding carboxylic acids is 3. The molecule has 0 radical (unpaired) electrons. The fourth-order valence-corrected chi connectivity index (χ4v) is 2.23. The van der Waals surface area contributed by atoms with Crippen LogP contribution in [0.1, 0.15) is 18.9 Å². The fourth-order valence-electron chi connectivity index (χ4n) is 2.23. The Bertz CT molecular complexity index is 605. The van der Waals surface area contributed by atoms with Crippen molar-refractivity contribution in [2.75, 3.05) is 0 Å². The van der Waals surface area contributed by atoms with Crippen LogP contribution in [0.2, 0.25) is 0 Å². The molecule has 2 N–H and O–H groups in total. The number of nitrogens with one attached hydrogen (secondary N) is 2. The van der Waals surface area contributed by atoms with Crippen molar-refractivity contribution in [3.63, 3.8) is 0 Å². The van der Waals surface area contributed by atoms with Gasteiger partial charge in [-0.2, -0.15) is 0 Å². The number of hydrogen-bond acceptors (Lipinski definition) is 5. The highest BCUT2D eigenvalue weighted by molar-refractivity contribution is 6.22. The maximum Gasteiger partial charge on any atom is 0.328 e. The normalized spacial score (nSPS) is 17.4. The van der Waals surface area contributed by atoms with E-state index in [1.807, 2.05) is 10.6 Å². The summed E-state index contributed by atoms with van der Waals surface area (Å²) in [4.78, 5) is 45.5. The fraction of sp³-hybridized carbons (Fsp3) is 0.250. The van der Waals surface area contributed by atoms with Gasteiger partial charge in [0.15, 0.2) is 5.41 Å². The summed E-state index contributed by atoms with van der Waals surface area (Å²) in [5.74, 6) is -1.57. The lowest BCUT2D eigenvalue weighted by Gasteiger charge is -2.33. The molecule has 0 aliphatic carbocycles. The van der Waals surface area contributed by atoms with Gasteiger partial charge in [-0.25, -0.2) is 4.79 Å². The Hall–Kier alpha value is -2.77. The van der Waals surface area contributed by atoms with E-state index < -0.39 is 28.2 Å². The Morgan fingerprint density at radius 1 is 1.20 bits per heavy atom. The third kappa shape index (κ3) is 1.91. The van der Waals surface area contributed by atoms with Crippen LogP contribution in [0.15, 0.2) is 24.3 Å². The molecule has 1 aromatic rings. The van der Waals surface area contributed by atoms with E-state index in [0.717, 1.165) is 0 Å². The minimum Gasteiger partial charge on any atom is -0.277 e. The Morgan fingerprint density at radius 3 is 2.30 bits per heavy atom. The number of imide groups is 2. The first-order valence-electron chi connectivity index (χ1n) is 5.83. The summed E-state index contributed by atoms with van der Waals surface area (Å²) in [6.45, 7) is 1.59. The van der Waals surface area contributed by atoms with Crippen molar-refractivity contribution in [1.29, 1.82) is 0 Å². The molecular weight excluding hydrogens is 266 g/mol. The van der Waals surface area contributed by atoms with Crippen LogP contribution < -0.4 is 10.6 Å². The maximum atomic E-state index is 12.1. The smallest absolute Gasteiger partial charge is 0.277 e. The number of carbonyl (C=O) groups is 3. The number of hydrogen-bond donors (Lipinski definition) is 2. The molecule has 8 nitrogen and oxygen atoms in total. The number of nitrogens with zero attached hydrogens (tertiary/aromatic N) is 1. The predicted molar refractivity (Wildman–Crippen MR) is 66.7 cm³/mol. The second-order valence-corrected chi connectivity index (χ2v) is 4.30. The van der Waals surface area contributed by atoms with E-state index >= 15 is 0 Å². The molecule has 0 unspecified atom stereocenters. The second kappa shape index (κ2) is 4.72. The summed E-state index contributed by atoms with van der Waals surface area (Å²) >= 11 is 0. The molecule has 0 saturated carbocycles. The molecule has 8 heteroatoms. The van der Waals surface area contributed by atoms with Crippen molar-refractivity contribution >= 4 is 23.5 Å². The molecule has 2 rings (SSSR count). The molecule has 0 spiro atoms. The summed E-state index contributed by atoms with van der Waals surface area (Å²) in [5, 5.41) is 14.8.